The number of rotatable bonds is 2. The fraction of sp³-hybridized carbons (Fsp3) is 0.250. The van der Waals surface area contributed by atoms with E-state index in [0.29, 0.717) is 18.5 Å². The number of hydrogen-bond acceptors (Lipinski definition) is 2. The number of amides is 2. The second-order valence-electron chi connectivity index (χ2n) is 5.25. The maximum absolute atomic E-state index is 12.2. The Hall–Kier alpha value is -2.56. The minimum absolute atomic E-state index is 0.128. The average molecular weight is 283 g/mol. The highest BCUT2D eigenvalue weighted by molar-refractivity contribution is 6.03. The van der Waals surface area contributed by atoms with E-state index in [2.05, 4.69) is 5.32 Å². The van der Waals surface area contributed by atoms with E-state index in [4.69, 9.17) is 0 Å². The summed E-state index contributed by atoms with van der Waals surface area (Å²) in [5, 5.41) is 2.90. The average Bonchev–Trinajstić information content (AvgIpc) is 2.89. The Balaban J connectivity index is 1.83. The summed E-state index contributed by atoms with van der Waals surface area (Å²) < 4.78 is 1.78. The number of aryl methyl sites for hydroxylation is 2. The summed E-state index contributed by atoms with van der Waals surface area (Å²) in [5.41, 5.74) is 3.37. The van der Waals surface area contributed by atoms with E-state index in [1.165, 1.54) is 0 Å². The summed E-state index contributed by atoms with van der Waals surface area (Å²) in [5.74, 6) is -0.00853. The second kappa shape index (κ2) is 5.09. The van der Waals surface area contributed by atoms with Gasteiger partial charge in [-0.3, -0.25) is 9.59 Å². The molecule has 0 radical (unpaired) electrons. The SMILES string of the molecule is CN1C(=O)CCc2cc(NC(=O)c3cccn3C)ccc21. The molecule has 0 atom stereocenters. The lowest BCUT2D eigenvalue weighted by Crippen LogP contribution is -2.31. The van der Waals surface area contributed by atoms with E-state index in [-0.39, 0.29) is 11.8 Å². The van der Waals surface area contributed by atoms with Gasteiger partial charge in [0.1, 0.15) is 5.69 Å². The van der Waals surface area contributed by atoms with Gasteiger partial charge in [-0.15, -0.1) is 0 Å². The van der Waals surface area contributed by atoms with Crippen LogP contribution in [0.3, 0.4) is 0 Å². The Morgan fingerprint density at radius 3 is 2.71 bits per heavy atom. The molecule has 0 aliphatic carbocycles. The van der Waals surface area contributed by atoms with Crippen molar-refractivity contribution < 1.29 is 9.59 Å². The standard InChI is InChI=1S/C16H17N3O2/c1-18-9-3-4-14(18)16(21)17-12-6-7-13-11(10-12)5-8-15(20)19(13)2/h3-4,6-7,9-10H,5,8H2,1-2H3,(H,17,21). The van der Waals surface area contributed by atoms with Crippen molar-refractivity contribution in [2.75, 3.05) is 17.3 Å². The van der Waals surface area contributed by atoms with E-state index >= 15 is 0 Å². The molecule has 1 aliphatic heterocycles. The molecule has 2 amide bonds. The molecule has 0 fully saturated rings. The number of anilines is 2. The van der Waals surface area contributed by atoms with E-state index in [1.54, 1.807) is 22.6 Å². The Morgan fingerprint density at radius 2 is 2.00 bits per heavy atom. The van der Waals surface area contributed by atoms with Crippen LogP contribution in [0.2, 0.25) is 0 Å². The molecule has 21 heavy (non-hydrogen) atoms. The third-order valence-electron chi connectivity index (χ3n) is 3.86. The number of fused-ring (bicyclic) bond motifs is 1. The number of carbonyl (C=O) groups excluding carboxylic acids is 2. The number of nitrogens with one attached hydrogen (secondary N) is 1. The summed E-state index contributed by atoms with van der Waals surface area (Å²) in [4.78, 5) is 25.5. The topological polar surface area (TPSA) is 54.3 Å². The molecule has 1 aliphatic rings. The molecule has 3 rings (SSSR count). The predicted octanol–water partition coefficient (Wildman–Crippen LogP) is 2.19. The highest BCUT2D eigenvalue weighted by Gasteiger charge is 2.21. The summed E-state index contributed by atoms with van der Waals surface area (Å²) >= 11 is 0. The van der Waals surface area contributed by atoms with E-state index in [1.807, 2.05) is 37.5 Å². The van der Waals surface area contributed by atoms with Crippen molar-refractivity contribution >= 4 is 23.2 Å². The van der Waals surface area contributed by atoms with Gasteiger partial charge < -0.3 is 14.8 Å². The molecular formula is C16H17N3O2. The van der Waals surface area contributed by atoms with Crippen molar-refractivity contribution in [2.24, 2.45) is 7.05 Å². The van der Waals surface area contributed by atoms with Gasteiger partial charge in [0.25, 0.3) is 5.91 Å². The molecule has 0 bridgehead atoms. The molecule has 0 spiro atoms. The number of aromatic nitrogens is 1. The van der Waals surface area contributed by atoms with Crippen LogP contribution in [0.15, 0.2) is 36.5 Å². The third-order valence-corrected chi connectivity index (χ3v) is 3.86. The lowest BCUT2D eigenvalue weighted by molar-refractivity contribution is -0.118. The Morgan fingerprint density at radius 1 is 1.19 bits per heavy atom. The molecule has 1 aromatic carbocycles. The van der Waals surface area contributed by atoms with Crippen LogP contribution in [0.1, 0.15) is 22.5 Å². The van der Waals surface area contributed by atoms with Crippen molar-refractivity contribution in [1.82, 2.24) is 4.57 Å². The lowest BCUT2D eigenvalue weighted by atomic mass is 10.0. The third kappa shape index (κ3) is 2.42. The molecule has 2 aromatic rings. The highest BCUT2D eigenvalue weighted by Crippen LogP contribution is 2.29. The fourth-order valence-electron chi connectivity index (χ4n) is 2.63. The largest absolute Gasteiger partial charge is 0.347 e. The van der Waals surface area contributed by atoms with E-state index in [9.17, 15) is 9.59 Å². The normalized spacial score (nSPS) is 14.0. The second-order valence-corrected chi connectivity index (χ2v) is 5.25. The van der Waals surface area contributed by atoms with Gasteiger partial charge in [0.15, 0.2) is 0 Å². The van der Waals surface area contributed by atoms with Crippen LogP contribution >= 0.6 is 0 Å². The summed E-state index contributed by atoms with van der Waals surface area (Å²) in [7, 11) is 3.62. The number of hydrogen-bond donors (Lipinski definition) is 1. The maximum Gasteiger partial charge on any atom is 0.272 e. The molecule has 108 valence electrons. The monoisotopic (exact) mass is 283 g/mol. The molecule has 0 saturated heterocycles. The first-order valence-electron chi connectivity index (χ1n) is 6.88. The Labute approximate surface area is 123 Å². The van der Waals surface area contributed by atoms with Crippen molar-refractivity contribution in [2.45, 2.75) is 12.8 Å². The van der Waals surface area contributed by atoms with Crippen molar-refractivity contribution in [3.05, 3.63) is 47.8 Å². The van der Waals surface area contributed by atoms with Crippen LogP contribution < -0.4 is 10.2 Å². The first-order valence-corrected chi connectivity index (χ1v) is 6.88. The first-order chi connectivity index (χ1) is 10.1. The zero-order chi connectivity index (χ0) is 15.0. The van der Waals surface area contributed by atoms with Gasteiger partial charge in [0.2, 0.25) is 5.91 Å². The Kier molecular flexibility index (Phi) is 3.25. The molecule has 5 heteroatoms. The van der Waals surface area contributed by atoms with Crippen LogP contribution in [0, 0.1) is 0 Å². The van der Waals surface area contributed by atoms with Gasteiger partial charge in [0, 0.05) is 38.1 Å². The number of nitrogens with zero attached hydrogens (tertiary/aromatic N) is 2. The summed E-state index contributed by atoms with van der Waals surface area (Å²) in [6.45, 7) is 0. The molecular weight excluding hydrogens is 266 g/mol. The summed E-state index contributed by atoms with van der Waals surface area (Å²) in [6, 6.07) is 9.27. The van der Waals surface area contributed by atoms with Gasteiger partial charge >= 0.3 is 0 Å². The minimum atomic E-state index is -0.136. The molecule has 2 heterocycles. The smallest absolute Gasteiger partial charge is 0.272 e. The maximum atomic E-state index is 12.2. The van der Waals surface area contributed by atoms with Crippen molar-refractivity contribution in [3.8, 4) is 0 Å². The quantitative estimate of drug-likeness (QED) is 0.918. The zero-order valence-electron chi connectivity index (χ0n) is 12.1. The predicted molar refractivity (Wildman–Crippen MR) is 81.5 cm³/mol. The Bertz CT molecular complexity index is 718. The van der Waals surface area contributed by atoms with Crippen LogP contribution in [0.4, 0.5) is 11.4 Å². The van der Waals surface area contributed by atoms with Crippen molar-refractivity contribution in [3.63, 3.8) is 0 Å². The van der Waals surface area contributed by atoms with Gasteiger partial charge in [-0.1, -0.05) is 0 Å². The number of carbonyl (C=O) groups is 2. The summed E-state index contributed by atoms with van der Waals surface area (Å²) in [6.07, 6.45) is 3.06. The molecule has 5 nitrogen and oxygen atoms in total. The van der Waals surface area contributed by atoms with Crippen LogP contribution in [0.5, 0.6) is 0 Å². The lowest BCUT2D eigenvalue weighted by Gasteiger charge is -2.26. The van der Waals surface area contributed by atoms with Gasteiger partial charge in [-0.25, -0.2) is 0 Å². The fourth-order valence-corrected chi connectivity index (χ4v) is 2.63. The minimum Gasteiger partial charge on any atom is -0.347 e. The molecule has 1 aromatic heterocycles. The zero-order valence-corrected chi connectivity index (χ0v) is 12.1. The first kappa shape index (κ1) is 13.4. The van der Waals surface area contributed by atoms with Crippen molar-refractivity contribution in [1.29, 1.82) is 0 Å². The van der Waals surface area contributed by atoms with Gasteiger partial charge in [-0.2, -0.15) is 0 Å². The van der Waals surface area contributed by atoms with Crippen LogP contribution in [0.25, 0.3) is 0 Å². The van der Waals surface area contributed by atoms with Crippen LogP contribution in [-0.4, -0.2) is 23.4 Å². The van der Waals surface area contributed by atoms with Crippen LogP contribution in [-0.2, 0) is 18.3 Å². The molecule has 1 N–H and O–H groups in total. The van der Waals surface area contributed by atoms with E-state index in [0.717, 1.165) is 16.9 Å². The van der Waals surface area contributed by atoms with Gasteiger partial charge in [0.05, 0.1) is 0 Å². The molecule has 0 unspecified atom stereocenters. The number of benzene rings is 1. The molecule has 0 saturated carbocycles. The van der Waals surface area contributed by atoms with Gasteiger partial charge in [-0.05, 0) is 42.3 Å². The highest BCUT2D eigenvalue weighted by atomic mass is 16.2. The van der Waals surface area contributed by atoms with E-state index < -0.39 is 0 Å².